The highest BCUT2D eigenvalue weighted by Gasteiger charge is 2.42. The van der Waals surface area contributed by atoms with Crippen LogP contribution in [0.3, 0.4) is 0 Å². The molecule has 36 heavy (non-hydrogen) atoms. The van der Waals surface area contributed by atoms with Gasteiger partial charge in [0.2, 0.25) is 0 Å². The van der Waals surface area contributed by atoms with Gasteiger partial charge in [-0.3, -0.25) is 0 Å². The molecule has 11 heteroatoms. The monoisotopic (exact) mass is 524 g/mol. The van der Waals surface area contributed by atoms with Gasteiger partial charge in [0.05, 0.1) is 24.9 Å². The summed E-state index contributed by atoms with van der Waals surface area (Å²) in [6.45, 7) is 2.17. The average molecular weight is 525 g/mol. The highest BCUT2D eigenvalue weighted by atomic mass is 32.2. The van der Waals surface area contributed by atoms with E-state index in [-0.39, 0.29) is 30.5 Å². The number of benzene rings is 1. The molecule has 1 aromatic heterocycles. The van der Waals surface area contributed by atoms with Crippen molar-refractivity contribution in [3.05, 3.63) is 53.7 Å². The molecular formula is C25H34F2N4O4S. The maximum absolute atomic E-state index is 13.7. The van der Waals surface area contributed by atoms with E-state index in [2.05, 4.69) is 9.71 Å². The molecule has 4 rings (SSSR count). The lowest BCUT2D eigenvalue weighted by atomic mass is 9.82. The quantitative estimate of drug-likeness (QED) is 0.549. The second-order valence-corrected chi connectivity index (χ2v) is 11.8. The predicted octanol–water partition coefficient (Wildman–Crippen LogP) is 3.54. The number of halogens is 2. The maximum atomic E-state index is 13.7. The van der Waals surface area contributed by atoms with E-state index in [0.717, 1.165) is 41.7 Å². The van der Waals surface area contributed by atoms with Crippen LogP contribution >= 0.6 is 0 Å². The van der Waals surface area contributed by atoms with Gasteiger partial charge in [0.15, 0.2) is 11.6 Å². The number of rotatable bonds is 8. The number of hydrogen-bond acceptors (Lipinski definition) is 6. The Morgan fingerprint density at radius 3 is 2.56 bits per heavy atom. The summed E-state index contributed by atoms with van der Waals surface area (Å²) in [7, 11) is -0.785. The molecule has 198 valence electrons. The number of nitrogens with zero attached hydrogens (tertiary/aromatic N) is 3. The minimum Gasteiger partial charge on any atom is -0.505 e. The molecule has 1 aromatic carbocycles. The Labute approximate surface area is 211 Å². The van der Waals surface area contributed by atoms with Crippen LogP contribution in [0.2, 0.25) is 0 Å². The van der Waals surface area contributed by atoms with Crippen molar-refractivity contribution in [3.8, 4) is 5.75 Å². The first-order valence-electron chi connectivity index (χ1n) is 12.2. The molecule has 2 heterocycles. The zero-order chi connectivity index (χ0) is 26.0. The van der Waals surface area contributed by atoms with Crippen molar-refractivity contribution >= 4 is 16.0 Å². The number of aromatic hydroxyl groups is 1. The van der Waals surface area contributed by atoms with E-state index >= 15 is 0 Å². The Morgan fingerprint density at radius 1 is 1.19 bits per heavy atom. The molecular weight excluding hydrogens is 490 g/mol. The topological polar surface area (TPSA) is 95.0 Å². The van der Waals surface area contributed by atoms with E-state index in [4.69, 9.17) is 4.74 Å². The summed E-state index contributed by atoms with van der Waals surface area (Å²) in [5.74, 6) is -0.919. The summed E-state index contributed by atoms with van der Waals surface area (Å²) in [6, 6.07) is 6.98. The molecule has 8 nitrogen and oxygen atoms in total. The van der Waals surface area contributed by atoms with Crippen molar-refractivity contribution in [2.24, 2.45) is 0 Å². The molecule has 2 aliphatic rings. The summed E-state index contributed by atoms with van der Waals surface area (Å²) < 4.78 is 62.7. The molecule has 2 fully saturated rings. The van der Waals surface area contributed by atoms with Gasteiger partial charge in [-0.05, 0) is 62.6 Å². The predicted molar refractivity (Wildman–Crippen MR) is 133 cm³/mol. The van der Waals surface area contributed by atoms with Gasteiger partial charge in [-0.15, -0.1) is 0 Å². The van der Waals surface area contributed by atoms with Gasteiger partial charge in [-0.25, -0.2) is 13.8 Å². The van der Waals surface area contributed by atoms with Gasteiger partial charge in [-0.2, -0.15) is 17.4 Å². The Kier molecular flexibility index (Phi) is 8.13. The molecule has 1 aliphatic heterocycles. The molecule has 3 atom stereocenters. The van der Waals surface area contributed by atoms with Crippen LogP contribution < -0.4 is 9.62 Å². The minimum atomic E-state index is -3.70. The fourth-order valence-corrected chi connectivity index (χ4v) is 6.14. The fraction of sp³-hybridized carbons (Fsp3) is 0.560. The molecule has 1 unspecified atom stereocenters. The first-order valence-corrected chi connectivity index (χ1v) is 13.7. The van der Waals surface area contributed by atoms with E-state index in [1.54, 1.807) is 12.1 Å². The molecule has 1 saturated heterocycles. The Balaban J connectivity index is 1.47. The van der Waals surface area contributed by atoms with E-state index in [1.807, 2.05) is 17.9 Å². The van der Waals surface area contributed by atoms with Gasteiger partial charge in [0.25, 0.3) is 10.2 Å². The molecule has 0 spiro atoms. The number of nitrogens with one attached hydrogen (secondary N) is 1. The van der Waals surface area contributed by atoms with Crippen molar-refractivity contribution in [1.29, 1.82) is 0 Å². The smallest absolute Gasteiger partial charge is 0.279 e. The third kappa shape index (κ3) is 5.96. The van der Waals surface area contributed by atoms with Crippen LogP contribution in [0.1, 0.15) is 50.5 Å². The highest BCUT2D eigenvalue weighted by molar-refractivity contribution is 7.87. The third-order valence-electron chi connectivity index (χ3n) is 7.25. The van der Waals surface area contributed by atoms with Crippen LogP contribution in [-0.2, 0) is 14.9 Å². The van der Waals surface area contributed by atoms with Crippen LogP contribution in [0.4, 0.5) is 14.6 Å². The first-order chi connectivity index (χ1) is 17.0. The Morgan fingerprint density at radius 2 is 1.92 bits per heavy atom. The van der Waals surface area contributed by atoms with Crippen LogP contribution in [0.15, 0.2) is 36.5 Å². The van der Waals surface area contributed by atoms with Crippen LogP contribution in [-0.4, -0.2) is 67.7 Å². The van der Waals surface area contributed by atoms with E-state index in [0.29, 0.717) is 12.2 Å². The summed E-state index contributed by atoms with van der Waals surface area (Å²) in [5, 5.41) is 9.91. The third-order valence-corrected chi connectivity index (χ3v) is 8.82. The number of ether oxygens (including phenoxy) is 1. The minimum absolute atomic E-state index is 0.00625. The normalized spacial score (nSPS) is 27.1. The lowest BCUT2D eigenvalue weighted by molar-refractivity contribution is 0.0154. The van der Waals surface area contributed by atoms with Crippen molar-refractivity contribution in [3.63, 3.8) is 0 Å². The van der Waals surface area contributed by atoms with Gasteiger partial charge in [0, 0.05) is 32.2 Å². The van der Waals surface area contributed by atoms with Gasteiger partial charge in [-0.1, -0.05) is 12.1 Å². The second-order valence-electron chi connectivity index (χ2n) is 9.93. The summed E-state index contributed by atoms with van der Waals surface area (Å²) >= 11 is 0. The molecule has 2 aromatic rings. The van der Waals surface area contributed by atoms with E-state index < -0.39 is 33.9 Å². The van der Waals surface area contributed by atoms with Crippen LogP contribution in [0.5, 0.6) is 5.75 Å². The Bertz CT molecular complexity index is 1160. The maximum Gasteiger partial charge on any atom is 0.279 e. The highest BCUT2D eigenvalue weighted by Crippen LogP contribution is 2.36. The van der Waals surface area contributed by atoms with Gasteiger partial charge < -0.3 is 14.7 Å². The van der Waals surface area contributed by atoms with Gasteiger partial charge >= 0.3 is 0 Å². The summed E-state index contributed by atoms with van der Waals surface area (Å²) in [5.41, 5.74) is 1.00. The zero-order valence-corrected chi connectivity index (χ0v) is 21.6. The standard InChI is InChI=1S/C25H34F2N4O4S/c1-16-11-22(29-36(33,34)30(2)3)23(31(16)25-13-24(32)21(27)14-28-25)15-35-20-9-7-17(8-10-20)18-5-4-6-19(26)12-18/h4-6,12-14,16-17,20,22-23,29H,7-11,15H2,1-3H3,(H,28,32)/t16?,17-,20+,22-,23-/m0/s1. The zero-order valence-electron chi connectivity index (χ0n) is 20.8. The van der Waals surface area contributed by atoms with Crippen LogP contribution in [0, 0.1) is 11.6 Å². The molecule has 0 amide bonds. The first kappa shape index (κ1) is 26.7. The summed E-state index contributed by atoms with van der Waals surface area (Å²) in [4.78, 5) is 6.04. The van der Waals surface area contributed by atoms with E-state index in [9.17, 15) is 22.3 Å². The van der Waals surface area contributed by atoms with E-state index in [1.165, 1.54) is 26.2 Å². The van der Waals surface area contributed by atoms with Crippen molar-refractivity contribution in [2.45, 2.75) is 69.2 Å². The molecule has 2 N–H and O–H groups in total. The number of aromatic nitrogens is 1. The second kappa shape index (κ2) is 11.0. The number of anilines is 1. The van der Waals surface area contributed by atoms with Crippen LogP contribution in [0.25, 0.3) is 0 Å². The SMILES string of the molecule is CC1C[C@H](NS(=O)(=O)N(C)C)[C@H](CO[C@H]2CC[C@@H](c3cccc(F)c3)CC2)N1c1cc(O)c(F)cn1. The number of pyridine rings is 1. The molecule has 0 bridgehead atoms. The molecule has 1 aliphatic carbocycles. The van der Waals surface area contributed by atoms with Crippen molar-refractivity contribution < 1.29 is 27.0 Å². The average Bonchev–Trinajstić information content (AvgIpc) is 3.13. The lowest BCUT2D eigenvalue weighted by Gasteiger charge is -2.34. The largest absolute Gasteiger partial charge is 0.505 e. The summed E-state index contributed by atoms with van der Waals surface area (Å²) in [6.07, 6.45) is 4.83. The van der Waals surface area contributed by atoms with Gasteiger partial charge in [0.1, 0.15) is 11.6 Å². The fourth-order valence-electron chi connectivity index (χ4n) is 5.29. The molecule has 0 radical (unpaired) electrons. The van der Waals surface area contributed by atoms with Crippen molar-refractivity contribution in [1.82, 2.24) is 14.0 Å². The lowest BCUT2D eigenvalue weighted by Crippen LogP contribution is -2.51. The molecule has 1 saturated carbocycles. The number of hydrogen-bond donors (Lipinski definition) is 2. The Hall–Kier alpha value is -2.34. The van der Waals surface area contributed by atoms with Crippen molar-refractivity contribution in [2.75, 3.05) is 25.6 Å².